The van der Waals surface area contributed by atoms with Gasteiger partial charge in [0.25, 0.3) is 0 Å². The molecule has 170 valence electrons. The number of aromatic nitrogens is 4. The van der Waals surface area contributed by atoms with Crippen molar-refractivity contribution in [1.29, 1.82) is 0 Å². The Balaban J connectivity index is 2.17. The van der Waals surface area contributed by atoms with Crippen molar-refractivity contribution < 1.29 is 19.1 Å². The van der Waals surface area contributed by atoms with Gasteiger partial charge < -0.3 is 14.0 Å². The highest BCUT2D eigenvalue weighted by molar-refractivity contribution is 5.97. The van der Waals surface area contributed by atoms with E-state index in [-0.39, 0.29) is 0 Å². The molecule has 0 aliphatic heterocycles. The quantitative estimate of drug-likeness (QED) is 0.693. The summed E-state index contributed by atoms with van der Waals surface area (Å²) in [5, 5.41) is 8.45. The number of aryl methyl sites for hydroxylation is 2. The maximum Gasteiger partial charge on any atom is 0.355 e. The molecule has 8 nitrogen and oxygen atoms in total. The van der Waals surface area contributed by atoms with E-state index in [1.54, 1.807) is 9.25 Å². The fourth-order valence-corrected chi connectivity index (χ4v) is 4.10. The smallest absolute Gasteiger partial charge is 0.355 e. The van der Waals surface area contributed by atoms with Crippen molar-refractivity contribution in [3.8, 4) is 0 Å². The van der Waals surface area contributed by atoms with Crippen LogP contribution in [0.4, 0.5) is 0 Å². The van der Waals surface area contributed by atoms with Gasteiger partial charge in [0.2, 0.25) is 0 Å². The van der Waals surface area contributed by atoms with Crippen molar-refractivity contribution in [2.24, 2.45) is 7.05 Å². The molecule has 2 aromatic rings. The van der Waals surface area contributed by atoms with Gasteiger partial charge in [0.15, 0.2) is 0 Å². The van der Waals surface area contributed by atoms with Crippen LogP contribution in [0, 0.1) is 0 Å². The second-order valence-electron chi connectivity index (χ2n) is 10.0. The minimum Gasteiger partial charge on any atom is -0.455 e. The minimum absolute atomic E-state index is 0.413. The van der Waals surface area contributed by atoms with Gasteiger partial charge in [-0.15, -0.1) is 5.10 Å². The normalized spacial score (nSPS) is 14.3. The number of esters is 2. The summed E-state index contributed by atoms with van der Waals surface area (Å²) in [7, 11) is 1.88. The van der Waals surface area contributed by atoms with Gasteiger partial charge in [-0.05, 0) is 85.3 Å². The Kier molecular flexibility index (Phi) is 6.04. The third-order valence-electron chi connectivity index (χ3n) is 5.22. The van der Waals surface area contributed by atoms with Crippen LogP contribution in [0.3, 0.4) is 0 Å². The Morgan fingerprint density at radius 2 is 1.35 bits per heavy atom. The van der Waals surface area contributed by atoms with Crippen LogP contribution in [0.25, 0.3) is 0 Å². The first-order valence-electron chi connectivity index (χ1n) is 10.9. The molecule has 31 heavy (non-hydrogen) atoms. The monoisotopic (exact) mass is 430 g/mol. The summed E-state index contributed by atoms with van der Waals surface area (Å²) in [6.45, 7) is 13.4. The number of carbonyl (C=O) groups excluding carboxylic acids is 2. The van der Waals surface area contributed by atoms with Crippen LogP contribution in [-0.2, 0) is 48.7 Å². The van der Waals surface area contributed by atoms with E-state index in [1.165, 1.54) is 0 Å². The summed E-state index contributed by atoms with van der Waals surface area (Å²) < 4.78 is 15.0. The molecule has 8 heteroatoms. The third kappa shape index (κ3) is 4.83. The van der Waals surface area contributed by atoms with Gasteiger partial charge in [0.1, 0.15) is 22.6 Å². The highest BCUT2D eigenvalue weighted by Crippen LogP contribution is 2.32. The number of nitrogens with zero attached hydrogens (tertiary/aromatic N) is 4. The highest BCUT2D eigenvalue weighted by atomic mass is 16.6. The molecule has 0 amide bonds. The van der Waals surface area contributed by atoms with Gasteiger partial charge in [0, 0.05) is 13.6 Å². The molecular formula is C23H34N4O4. The number of fused-ring (bicyclic) bond motifs is 2. The number of hydrogen-bond acceptors (Lipinski definition) is 6. The first-order chi connectivity index (χ1) is 14.3. The van der Waals surface area contributed by atoms with Crippen molar-refractivity contribution >= 4 is 11.9 Å². The summed E-state index contributed by atoms with van der Waals surface area (Å²) in [6, 6.07) is 0. The van der Waals surface area contributed by atoms with Gasteiger partial charge >= 0.3 is 11.9 Å². The molecule has 0 aromatic carbocycles. The summed E-state index contributed by atoms with van der Waals surface area (Å²) >= 11 is 0. The summed E-state index contributed by atoms with van der Waals surface area (Å²) in [5.74, 6) is -0.829. The lowest BCUT2D eigenvalue weighted by Gasteiger charge is -2.22. The van der Waals surface area contributed by atoms with Crippen LogP contribution in [-0.4, -0.2) is 42.7 Å². The van der Waals surface area contributed by atoms with Gasteiger partial charge in [-0.25, -0.2) is 9.59 Å². The fraction of sp³-hybridized carbons (Fsp3) is 0.652. The lowest BCUT2D eigenvalue weighted by Crippen LogP contribution is -2.28. The molecular weight excluding hydrogens is 396 g/mol. The maximum absolute atomic E-state index is 13.3. The van der Waals surface area contributed by atoms with E-state index in [9.17, 15) is 9.59 Å². The maximum atomic E-state index is 13.3. The van der Waals surface area contributed by atoms with Gasteiger partial charge in [0.05, 0.1) is 11.4 Å². The van der Waals surface area contributed by atoms with Gasteiger partial charge in [-0.1, -0.05) is 5.21 Å². The van der Waals surface area contributed by atoms with Crippen molar-refractivity contribution in [2.75, 3.05) is 0 Å². The van der Waals surface area contributed by atoms with E-state index in [0.717, 1.165) is 22.5 Å². The SMILES string of the molecule is CCn1c(C(=O)OC(C)(C)C)c2c(c1C(=O)OC(C)(C)C)CCc1c(nnn1C)CC2. The van der Waals surface area contributed by atoms with Crippen molar-refractivity contribution in [1.82, 2.24) is 19.6 Å². The predicted octanol–water partition coefficient (Wildman–Crippen LogP) is 3.43. The van der Waals surface area contributed by atoms with E-state index in [1.807, 2.05) is 55.5 Å². The molecule has 1 aliphatic carbocycles. The van der Waals surface area contributed by atoms with E-state index < -0.39 is 23.1 Å². The molecule has 0 radical (unpaired) electrons. The molecule has 0 saturated heterocycles. The second-order valence-corrected chi connectivity index (χ2v) is 10.0. The zero-order valence-corrected chi connectivity index (χ0v) is 20.0. The van der Waals surface area contributed by atoms with Crippen LogP contribution in [0.15, 0.2) is 0 Å². The fourth-order valence-electron chi connectivity index (χ4n) is 4.10. The van der Waals surface area contributed by atoms with Gasteiger partial charge in [-0.2, -0.15) is 0 Å². The Hall–Kier alpha value is -2.64. The van der Waals surface area contributed by atoms with Crippen molar-refractivity contribution in [3.63, 3.8) is 0 Å². The van der Waals surface area contributed by atoms with Crippen LogP contribution in [0.2, 0.25) is 0 Å². The number of rotatable bonds is 3. The molecule has 2 heterocycles. The Labute approximate surface area is 183 Å². The average molecular weight is 431 g/mol. The molecule has 1 aliphatic rings. The number of ether oxygens (including phenoxy) is 2. The van der Waals surface area contributed by atoms with E-state index in [0.29, 0.717) is 43.6 Å². The van der Waals surface area contributed by atoms with Crippen LogP contribution < -0.4 is 0 Å². The highest BCUT2D eigenvalue weighted by Gasteiger charge is 2.35. The van der Waals surface area contributed by atoms with Crippen LogP contribution in [0.1, 0.15) is 92.0 Å². The van der Waals surface area contributed by atoms with E-state index in [4.69, 9.17) is 9.47 Å². The number of hydrogen-bond donors (Lipinski definition) is 0. The van der Waals surface area contributed by atoms with Gasteiger partial charge in [-0.3, -0.25) is 4.68 Å². The lowest BCUT2D eigenvalue weighted by atomic mass is 9.93. The average Bonchev–Trinajstić information content (AvgIpc) is 3.09. The van der Waals surface area contributed by atoms with Crippen LogP contribution in [0.5, 0.6) is 0 Å². The second kappa shape index (κ2) is 8.13. The first kappa shape index (κ1) is 23.0. The largest absolute Gasteiger partial charge is 0.455 e. The predicted molar refractivity (Wildman–Crippen MR) is 116 cm³/mol. The molecule has 0 fully saturated rings. The van der Waals surface area contributed by atoms with Crippen LogP contribution >= 0.6 is 0 Å². The summed E-state index contributed by atoms with van der Waals surface area (Å²) in [6.07, 6.45) is 2.51. The lowest BCUT2D eigenvalue weighted by molar-refractivity contribution is 0.00500. The van der Waals surface area contributed by atoms with E-state index in [2.05, 4.69) is 10.3 Å². The molecule has 0 spiro atoms. The standard InChI is InChI=1S/C23H34N4O4/c1-9-27-18(20(28)30-22(2,3)4)14-10-12-16-17(26(8)25-24-16)13-11-15(14)19(27)21(29)31-23(5,6)7/h9-13H2,1-8H3. The molecule has 3 rings (SSSR count). The first-order valence-corrected chi connectivity index (χ1v) is 10.9. The molecule has 2 aromatic heterocycles. The zero-order chi connectivity index (χ0) is 23.1. The minimum atomic E-state index is -0.640. The molecule has 0 N–H and O–H groups in total. The van der Waals surface area contributed by atoms with E-state index >= 15 is 0 Å². The molecule has 0 unspecified atom stereocenters. The topological polar surface area (TPSA) is 88.2 Å². The Morgan fingerprint density at radius 3 is 1.81 bits per heavy atom. The zero-order valence-electron chi connectivity index (χ0n) is 20.0. The Bertz CT molecular complexity index is 1000. The number of carbonyl (C=O) groups is 2. The summed E-state index contributed by atoms with van der Waals surface area (Å²) in [4.78, 5) is 26.5. The van der Waals surface area contributed by atoms with Crippen molar-refractivity contribution in [3.05, 3.63) is 33.9 Å². The third-order valence-corrected chi connectivity index (χ3v) is 5.22. The summed E-state index contributed by atoms with van der Waals surface area (Å²) in [5.41, 5.74) is 3.33. The molecule has 0 saturated carbocycles. The Morgan fingerprint density at radius 1 is 0.871 bits per heavy atom. The molecule has 0 atom stereocenters. The van der Waals surface area contributed by atoms with Crippen molar-refractivity contribution in [2.45, 2.75) is 91.9 Å². The molecule has 0 bridgehead atoms.